The van der Waals surface area contributed by atoms with Crippen LogP contribution >= 0.6 is 23.2 Å². The van der Waals surface area contributed by atoms with Crippen LogP contribution in [0.15, 0.2) is 18.2 Å². The number of carboxylic acids is 1. The minimum absolute atomic E-state index is 0.220. The van der Waals surface area contributed by atoms with Crippen LogP contribution in [-0.4, -0.2) is 41.1 Å². The summed E-state index contributed by atoms with van der Waals surface area (Å²) >= 11 is 11.6. The number of hydrogen-bond donors (Lipinski definition) is 1. The van der Waals surface area contributed by atoms with Gasteiger partial charge in [0.05, 0.1) is 10.0 Å². The van der Waals surface area contributed by atoms with Crippen LogP contribution in [-0.2, 0) is 9.59 Å². The molecular weight excluding hydrogens is 305 g/mol. The number of amides is 1. The molecule has 5 nitrogen and oxygen atoms in total. The fraction of sp³-hybridized carbons (Fsp3) is 0.385. The van der Waals surface area contributed by atoms with Gasteiger partial charge in [-0.3, -0.25) is 4.79 Å². The Labute approximate surface area is 126 Å². The normalized spacial score (nSPS) is 18.1. The highest BCUT2D eigenvalue weighted by molar-refractivity contribution is 6.42. The monoisotopic (exact) mass is 317 g/mol. The molecular formula is C13H13Cl2NO4. The van der Waals surface area contributed by atoms with Gasteiger partial charge in [-0.25, -0.2) is 4.79 Å². The van der Waals surface area contributed by atoms with Gasteiger partial charge in [0.25, 0.3) is 5.91 Å². The van der Waals surface area contributed by atoms with Crippen LogP contribution in [0, 0.1) is 0 Å². The van der Waals surface area contributed by atoms with Crippen molar-refractivity contribution in [3.8, 4) is 5.75 Å². The fourth-order valence-electron chi connectivity index (χ4n) is 2.12. The van der Waals surface area contributed by atoms with Gasteiger partial charge in [-0.1, -0.05) is 23.2 Å². The van der Waals surface area contributed by atoms with E-state index in [9.17, 15) is 9.59 Å². The molecule has 1 unspecified atom stereocenters. The largest absolute Gasteiger partial charge is 0.484 e. The second-order valence-corrected chi connectivity index (χ2v) is 5.26. The SMILES string of the molecule is O=C(O)C1CCCN1C(=O)COc1ccc(Cl)c(Cl)c1. The van der Waals surface area contributed by atoms with Crippen LogP contribution in [0.25, 0.3) is 0 Å². The van der Waals surface area contributed by atoms with Crippen molar-refractivity contribution >= 4 is 35.1 Å². The molecule has 1 atom stereocenters. The molecule has 1 heterocycles. The predicted octanol–water partition coefficient (Wildman–Crippen LogP) is 2.45. The van der Waals surface area contributed by atoms with Crippen LogP contribution in [0.1, 0.15) is 12.8 Å². The molecule has 108 valence electrons. The Morgan fingerprint density at radius 1 is 1.35 bits per heavy atom. The van der Waals surface area contributed by atoms with Crippen molar-refractivity contribution in [2.45, 2.75) is 18.9 Å². The van der Waals surface area contributed by atoms with Gasteiger partial charge in [0.1, 0.15) is 11.8 Å². The number of aliphatic carboxylic acids is 1. The third-order valence-corrected chi connectivity index (χ3v) is 3.85. The fourth-order valence-corrected chi connectivity index (χ4v) is 2.40. The second kappa shape index (κ2) is 6.33. The summed E-state index contributed by atoms with van der Waals surface area (Å²) in [5.41, 5.74) is 0. The van der Waals surface area contributed by atoms with Gasteiger partial charge in [0.15, 0.2) is 6.61 Å². The van der Waals surface area contributed by atoms with E-state index in [0.29, 0.717) is 35.2 Å². The standard InChI is InChI=1S/C13H13Cl2NO4/c14-9-4-3-8(6-10(9)15)20-7-12(17)16-5-1-2-11(16)13(18)19/h3-4,6,11H,1-2,5,7H2,(H,18,19). The molecule has 7 heteroatoms. The predicted molar refractivity (Wildman–Crippen MR) is 74.3 cm³/mol. The summed E-state index contributed by atoms with van der Waals surface area (Å²) in [5.74, 6) is -0.912. The first-order valence-electron chi connectivity index (χ1n) is 6.09. The van der Waals surface area contributed by atoms with Crippen molar-refractivity contribution in [2.75, 3.05) is 13.2 Å². The third-order valence-electron chi connectivity index (χ3n) is 3.11. The summed E-state index contributed by atoms with van der Waals surface area (Å²) < 4.78 is 5.32. The lowest BCUT2D eigenvalue weighted by Crippen LogP contribution is -2.42. The second-order valence-electron chi connectivity index (χ2n) is 4.45. The maximum Gasteiger partial charge on any atom is 0.326 e. The first-order chi connectivity index (χ1) is 9.49. The van der Waals surface area contributed by atoms with E-state index in [2.05, 4.69) is 0 Å². The van der Waals surface area contributed by atoms with Gasteiger partial charge in [0, 0.05) is 12.6 Å². The molecule has 1 saturated heterocycles. The number of carbonyl (C=O) groups is 2. The summed E-state index contributed by atoms with van der Waals surface area (Å²) in [5, 5.41) is 9.75. The minimum Gasteiger partial charge on any atom is -0.484 e. The van der Waals surface area contributed by atoms with Gasteiger partial charge >= 0.3 is 5.97 Å². The number of likely N-dealkylation sites (tertiary alicyclic amines) is 1. The highest BCUT2D eigenvalue weighted by atomic mass is 35.5. The summed E-state index contributed by atoms with van der Waals surface area (Å²) in [7, 11) is 0. The number of benzene rings is 1. The van der Waals surface area contributed by atoms with E-state index >= 15 is 0 Å². The summed E-state index contributed by atoms with van der Waals surface area (Å²) in [6, 6.07) is 3.93. The van der Waals surface area contributed by atoms with E-state index in [4.69, 9.17) is 33.0 Å². The average Bonchev–Trinajstić information content (AvgIpc) is 2.89. The van der Waals surface area contributed by atoms with Crippen molar-refractivity contribution in [3.63, 3.8) is 0 Å². The Balaban J connectivity index is 1.94. The van der Waals surface area contributed by atoms with Crippen LogP contribution in [0.2, 0.25) is 10.0 Å². The van der Waals surface area contributed by atoms with Gasteiger partial charge in [-0.15, -0.1) is 0 Å². The maximum absolute atomic E-state index is 12.0. The molecule has 20 heavy (non-hydrogen) atoms. The molecule has 0 aromatic heterocycles. The van der Waals surface area contributed by atoms with E-state index in [1.165, 1.54) is 11.0 Å². The quantitative estimate of drug-likeness (QED) is 0.926. The van der Waals surface area contributed by atoms with Crippen LogP contribution in [0.5, 0.6) is 5.75 Å². The van der Waals surface area contributed by atoms with Crippen molar-refractivity contribution in [3.05, 3.63) is 28.2 Å². The molecule has 1 aromatic rings. The number of ether oxygens (including phenoxy) is 1. The number of halogens is 2. The molecule has 1 aromatic carbocycles. The molecule has 0 spiro atoms. The van der Waals surface area contributed by atoms with Gasteiger partial charge in [0.2, 0.25) is 0 Å². The molecule has 2 rings (SSSR count). The maximum atomic E-state index is 12.0. The summed E-state index contributed by atoms with van der Waals surface area (Å²) in [6.07, 6.45) is 1.17. The average molecular weight is 318 g/mol. The molecule has 0 aliphatic carbocycles. The zero-order valence-corrected chi connectivity index (χ0v) is 12.0. The van der Waals surface area contributed by atoms with Gasteiger partial charge < -0.3 is 14.7 Å². The van der Waals surface area contributed by atoms with Crippen LogP contribution in [0.3, 0.4) is 0 Å². The minimum atomic E-state index is -0.981. The Kier molecular flexibility index (Phi) is 4.73. The number of nitrogens with zero attached hydrogens (tertiary/aromatic N) is 1. The molecule has 1 aliphatic rings. The highest BCUT2D eigenvalue weighted by Gasteiger charge is 2.33. The lowest BCUT2D eigenvalue weighted by Gasteiger charge is -2.21. The number of carbonyl (C=O) groups excluding carboxylic acids is 1. The zero-order chi connectivity index (χ0) is 14.7. The van der Waals surface area contributed by atoms with E-state index < -0.39 is 12.0 Å². The lowest BCUT2D eigenvalue weighted by molar-refractivity contribution is -0.148. The topological polar surface area (TPSA) is 66.8 Å². The van der Waals surface area contributed by atoms with Crippen molar-refractivity contribution in [1.82, 2.24) is 4.90 Å². The molecule has 1 amide bonds. The van der Waals surface area contributed by atoms with Gasteiger partial charge in [-0.05, 0) is 25.0 Å². The Morgan fingerprint density at radius 3 is 2.75 bits per heavy atom. The van der Waals surface area contributed by atoms with Crippen molar-refractivity contribution in [2.24, 2.45) is 0 Å². The van der Waals surface area contributed by atoms with E-state index in [-0.39, 0.29) is 12.5 Å². The van der Waals surface area contributed by atoms with E-state index in [0.717, 1.165) is 0 Å². The van der Waals surface area contributed by atoms with Crippen LogP contribution < -0.4 is 4.74 Å². The highest BCUT2D eigenvalue weighted by Crippen LogP contribution is 2.26. The lowest BCUT2D eigenvalue weighted by atomic mass is 10.2. The van der Waals surface area contributed by atoms with Gasteiger partial charge in [-0.2, -0.15) is 0 Å². The Morgan fingerprint density at radius 2 is 2.10 bits per heavy atom. The molecule has 1 N–H and O–H groups in total. The smallest absolute Gasteiger partial charge is 0.326 e. The molecule has 1 aliphatic heterocycles. The molecule has 1 fully saturated rings. The van der Waals surface area contributed by atoms with Crippen molar-refractivity contribution < 1.29 is 19.4 Å². The number of rotatable bonds is 4. The number of hydrogen-bond acceptors (Lipinski definition) is 3. The third kappa shape index (κ3) is 3.35. The molecule has 0 radical (unpaired) electrons. The number of carboxylic acid groups (broad SMARTS) is 1. The Bertz CT molecular complexity index is 535. The first-order valence-corrected chi connectivity index (χ1v) is 6.85. The van der Waals surface area contributed by atoms with E-state index in [1.54, 1.807) is 12.1 Å². The zero-order valence-electron chi connectivity index (χ0n) is 10.5. The first kappa shape index (κ1) is 14.9. The Hall–Kier alpha value is -1.46. The van der Waals surface area contributed by atoms with E-state index in [1.807, 2.05) is 0 Å². The van der Waals surface area contributed by atoms with Crippen molar-refractivity contribution in [1.29, 1.82) is 0 Å². The summed E-state index contributed by atoms with van der Waals surface area (Å²) in [6.45, 7) is 0.224. The summed E-state index contributed by atoms with van der Waals surface area (Å²) in [4.78, 5) is 24.3. The molecule has 0 saturated carbocycles. The van der Waals surface area contributed by atoms with Crippen LogP contribution in [0.4, 0.5) is 0 Å². The molecule has 0 bridgehead atoms.